The number of para-hydroxylation sites is 3. The van der Waals surface area contributed by atoms with E-state index >= 15 is 0 Å². The molecule has 0 fully saturated rings. The molecule has 77 heavy (non-hydrogen) atoms. The van der Waals surface area contributed by atoms with E-state index in [1.165, 1.54) is 89.3 Å². The van der Waals surface area contributed by atoms with E-state index in [-0.39, 0.29) is 0 Å². The van der Waals surface area contributed by atoms with Crippen LogP contribution in [-0.4, -0.2) is 0 Å². The second-order valence-electron chi connectivity index (χ2n) is 21.0. The van der Waals surface area contributed by atoms with Crippen LogP contribution in [0.25, 0.3) is 66.4 Å². The van der Waals surface area contributed by atoms with Crippen LogP contribution in [0.4, 0.5) is 34.1 Å². The summed E-state index contributed by atoms with van der Waals surface area (Å²) in [5.74, 6) is 0. The molecule has 1 atom stereocenters. The van der Waals surface area contributed by atoms with E-state index in [0.717, 1.165) is 55.8 Å². The van der Waals surface area contributed by atoms with Gasteiger partial charge in [-0.15, -0.1) is 0 Å². The van der Waals surface area contributed by atoms with E-state index in [0.29, 0.717) is 0 Å². The third kappa shape index (κ3) is 5.49. The van der Waals surface area contributed by atoms with Crippen molar-refractivity contribution in [2.75, 3.05) is 9.80 Å². The molecule has 1 spiro atoms. The summed E-state index contributed by atoms with van der Waals surface area (Å²) in [6.07, 6.45) is 0. The molecule has 358 valence electrons. The minimum absolute atomic E-state index is 0.540. The minimum atomic E-state index is -0.685. The van der Waals surface area contributed by atoms with Crippen LogP contribution in [0, 0.1) is 0 Å². The molecule has 0 radical (unpaired) electrons. The Kier molecular flexibility index (Phi) is 8.69. The Labute approximate surface area is 446 Å². The molecule has 4 aliphatic rings. The summed E-state index contributed by atoms with van der Waals surface area (Å²) in [5.41, 5.74) is 27.3. The summed E-state index contributed by atoms with van der Waals surface area (Å²) < 4.78 is 6.80. The predicted octanol–water partition coefficient (Wildman–Crippen LogP) is 19.2. The smallest absolute Gasteiger partial charge is 0.137 e. The summed E-state index contributed by atoms with van der Waals surface area (Å²) >= 11 is 0. The zero-order valence-corrected chi connectivity index (χ0v) is 41.9. The average Bonchev–Trinajstić information content (AvgIpc) is 4.35. The second-order valence-corrected chi connectivity index (χ2v) is 21.0. The van der Waals surface area contributed by atoms with Crippen molar-refractivity contribution in [3.8, 4) is 44.5 Å². The van der Waals surface area contributed by atoms with Crippen LogP contribution < -0.4 is 9.80 Å². The topological polar surface area (TPSA) is 19.6 Å². The summed E-state index contributed by atoms with van der Waals surface area (Å²) in [7, 11) is 0. The van der Waals surface area contributed by atoms with Gasteiger partial charge in [0.15, 0.2) is 0 Å². The fourth-order valence-corrected chi connectivity index (χ4v) is 14.6. The first-order chi connectivity index (χ1) is 38.2. The number of nitrogens with zero attached hydrogens (tertiary/aromatic N) is 2. The molecule has 1 aliphatic heterocycles. The second kappa shape index (κ2) is 15.8. The third-order valence-corrected chi connectivity index (χ3v) is 17.4. The Morgan fingerprint density at radius 1 is 0.325 bits per heavy atom. The first-order valence-electron chi connectivity index (χ1n) is 26.7. The molecule has 3 aliphatic carbocycles. The number of fused-ring (bicyclic) bond motifs is 18. The van der Waals surface area contributed by atoms with Crippen molar-refractivity contribution < 1.29 is 4.42 Å². The van der Waals surface area contributed by atoms with Gasteiger partial charge in [0.2, 0.25) is 0 Å². The number of rotatable bonds is 6. The molecule has 17 rings (SSSR count). The van der Waals surface area contributed by atoms with Crippen molar-refractivity contribution in [2.45, 2.75) is 10.8 Å². The van der Waals surface area contributed by atoms with Crippen molar-refractivity contribution in [3.63, 3.8) is 0 Å². The van der Waals surface area contributed by atoms with Gasteiger partial charge in [0.25, 0.3) is 0 Å². The maximum atomic E-state index is 6.80. The maximum Gasteiger partial charge on any atom is 0.137 e. The van der Waals surface area contributed by atoms with Gasteiger partial charge in [-0.1, -0.05) is 212 Å². The molecule has 0 bridgehead atoms. The SMILES string of the molecule is c1ccc(-c2cc3c(cc2N(c2ccc4c(c2)C2(c5ccccc5-c5ccccc52)c2ccccc2-4)c2cccc4oc5ccccc5c24)C2(c4ccccc4)c4ccccc4N(c4ccccc4)c4cccc-3c42)cc1. The van der Waals surface area contributed by atoms with Gasteiger partial charge in [0.1, 0.15) is 11.2 Å². The van der Waals surface area contributed by atoms with Crippen molar-refractivity contribution >= 4 is 56.1 Å². The molecule has 0 N–H and O–H groups in total. The third-order valence-electron chi connectivity index (χ3n) is 17.4. The van der Waals surface area contributed by atoms with E-state index < -0.39 is 10.8 Å². The number of hydrogen-bond acceptors (Lipinski definition) is 3. The van der Waals surface area contributed by atoms with E-state index in [1.54, 1.807) is 0 Å². The molecule has 12 aromatic carbocycles. The van der Waals surface area contributed by atoms with Gasteiger partial charge in [-0.2, -0.15) is 0 Å². The van der Waals surface area contributed by atoms with Crippen LogP contribution in [0.2, 0.25) is 0 Å². The number of hydrogen-bond donors (Lipinski definition) is 0. The van der Waals surface area contributed by atoms with Crippen LogP contribution in [0.5, 0.6) is 0 Å². The van der Waals surface area contributed by atoms with E-state index in [1.807, 2.05) is 0 Å². The van der Waals surface area contributed by atoms with E-state index in [9.17, 15) is 0 Å². The van der Waals surface area contributed by atoms with Crippen LogP contribution in [0.1, 0.15) is 44.5 Å². The molecule has 1 aromatic heterocycles. The van der Waals surface area contributed by atoms with Crippen molar-refractivity contribution in [1.29, 1.82) is 0 Å². The Bertz CT molecular complexity index is 4530. The first kappa shape index (κ1) is 42.4. The molecule has 3 heteroatoms. The lowest BCUT2D eigenvalue weighted by atomic mass is 9.64. The van der Waals surface area contributed by atoms with E-state index in [2.05, 4.69) is 289 Å². The predicted molar refractivity (Wildman–Crippen MR) is 316 cm³/mol. The van der Waals surface area contributed by atoms with Crippen molar-refractivity contribution in [2.24, 2.45) is 0 Å². The first-order valence-corrected chi connectivity index (χ1v) is 26.7. The zero-order valence-electron chi connectivity index (χ0n) is 41.9. The van der Waals surface area contributed by atoms with Crippen LogP contribution in [0.15, 0.2) is 283 Å². The summed E-state index contributed by atoms with van der Waals surface area (Å²) in [5, 5.41) is 2.15. The van der Waals surface area contributed by atoms with Crippen LogP contribution in [-0.2, 0) is 10.8 Å². The lowest BCUT2D eigenvalue weighted by Gasteiger charge is -2.44. The van der Waals surface area contributed by atoms with Crippen LogP contribution in [0.3, 0.4) is 0 Å². The van der Waals surface area contributed by atoms with Crippen molar-refractivity contribution in [3.05, 3.63) is 324 Å². The Morgan fingerprint density at radius 3 is 1.60 bits per heavy atom. The lowest BCUT2D eigenvalue weighted by Crippen LogP contribution is -2.36. The average molecular weight is 979 g/mol. The highest BCUT2D eigenvalue weighted by Crippen LogP contribution is 2.67. The highest BCUT2D eigenvalue weighted by molar-refractivity contribution is 6.14. The molecular weight excluding hydrogens is 933 g/mol. The quantitative estimate of drug-likeness (QED) is 0.166. The molecule has 2 heterocycles. The van der Waals surface area contributed by atoms with Gasteiger partial charge in [0.05, 0.1) is 39.0 Å². The van der Waals surface area contributed by atoms with Gasteiger partial charge in [-0.3, -0.25) is 0 Å². The van der Waals surface area contributed by atoms with Crippen molar-refractivity contribution in [1.82, 2.24) is 0 Å². The fraction of sp³-hybridized carbons (Fsp3) is 0.0270. The molecule has 3 nitrogen and oxygen atoms in total. The highest BCUT2D eigenvalue weighted by Gasteiger charge is 2.54. The summed E-state index contributed by atoms with van der Waals surface area (Å²) in [6, 6.07) is 104. The largest absolute Gasteiger partial charge is 0.456 e. The molecular formula is C74H46N2O. The van der Waals surface area contributed by atoms with E-state index in [4.69, 9.17) is 4.42 Å². The number of benzene rings is 12. The van der Waals surface area contributed by atoms with Gasteiger partial charge in [-0.05, 0) is 145 Å². The summed E-state index contributed by atoms with van der Waals surface area (Å²) in [6.45, 7) is 0. The Morgan fingerprint density at radius 2 is 0.870 bits per heavy atom. The molecule has 0 amide bonds. The van der Waals surface area contributed by atoms with Crippen LogP contribution >= 0.6 is 0 Å². The van der Waals surface area contributed by atoms with Gasteiger partial charge >= 0.3 is 0 Å². The monoisotopic (exact) mass is 978 g/mol. The molecule has 13 aromatic rings. The summed E-state index contributed by atoms with van der Waals surface area (Å²) in [4.78, 5) is 5.05. The number of anilines is 6. The molecule has 1 unspecified atom stereocenters. The molecule has 0 saturated carbocycles. The fourth-order valence-electron chi connectivity index (χ4n) is 14.6. The Balaban J connectivity index is 1.02. The lowest BCUT2D eigenvalue weighted by molar-refractivity contribution is 0.669. The molecule has 0 saturated heterocycles. The minimum Gasteiger partial charge on any atom is -0.456 e. The van der Waals surface area contributed by atoms with Gasteiger partial charge < -0.3 is 14.2 Å². The normalized spacial score (nSPS) is 15.4. The highest BCUT2D eigenvalue weighted by atomic mass is 16.3. The maximum absolute atomic E-state index is 6.80. The zero-order chi connectivity index (χ0) is 50.4. The standard InChI is InChI=1S/C74H46N2O/c1-4-22-47(23-5-1)57-45-58-55-32-20-39-67-72(55)73(48-24-6-2-7-25-48,62-36-17-18-37-65(62)75(67)49-26-8-3-9-27-49)64(58)46-68(57)76(66-38-21-41-70-71(66)56-31-13-19-40-69(56)77-70)50-42-43-54-53-30-12-16-35-61(53)74(63(54)44-50)59-33-14-10-28-51(59)52-29-11-15-34-60(52)74/h1-46H. The van der Waals surface area contributed by atoms with Gasteiger partial charge in [0, 0.05) is 27.9 Å². The Hall–Kier alpha value is -9.96. The number of furan rings is 1. The van der Waals surface area contributed by atoms with Gasteiger partial charge in [-0.25, -0.2) is 0 Å².